The molecule has 0 aromatic heterocycles. The molecular formula is C17H16ClNO2. The van der Waals surface area contributed by atoms with Gasteiger partial charge >= 0.3 is 0 Å². The quantitative estimate of drug-likeness (QED) is 0.504. The maximum absolute atomic E-state index is 11.7. The highest BCUT2D eigenvalue weighted by Gasteiger charge is 2.15. The first-order valence-electron chi connectivity index (χ1n) is 6.53. The first kappa shape index (κ1) is 15.1. The summed E-state index contributed by atoms with van der Waals surface area (Å²) in [6.07, 6.45) is 0. The molecule has 0 saturated carbocycles. The average molecular weight is 302 g/mol. The summed E-state index contributed by atoms with van der Waals surface area (Å²) in [6.45, 7) is 0.494. The molecule has 0 radical (unpaired) electrons. The molecule has 4 heteroatoms. The molecule has 0 amide bonds. The van der Waals surface area contributed by atoms with Crippen LogP contribution in [0.25, 0.3) is 5.76 Å². The average Bonchev–Trinajstić information content (AvgIpc) is 2.53. The van der Waals surface area contributed by atoms with Gasteiger partial charge in [-0.2, -0.15) is 0 Å². The summed E-state index contributed by atoms with van der Waals surface area (Å²) in [7, 11) is 1.52. The van der Waals surface area contributed by atoms with Crippen molar-refractivity contribution in [3.8, 4) is 0 Å². The van der Waals surface area contributed by atoms with Gasteiger partial charge in [0.1, 0.15) is 5.70 Å². The van der Waals surface area contributed by atoms with Gasteiger partial charge < -0.3 is 10.1 Å². The molecule has 108 valence electrons. The van der Waals surface area contributed by atoms with Gasteiger partial charge in [0.25, 0.3) is 5.24 Å². The molecule has 2 rings (SSSR count). The fraction of sp³-hybridized carbons (Fsp3) is 0.118. The number of benzene rings is 2. The van der Waals surface area contributed by atoms with Gasteiger partial charge in [-0.1, -0.05) is 60.7 Å². The molecule has 0 aliphatic carbocycles. The standard InChI is InChI=1S/C17H16ClNO2/c1-21-16(14-10-6-3-7-11-14)15(17(18)20)19-12-13-8-4-2-5-9-13/h2-11,19H,12H2,1H3. The second kappa shape index (κ2) is 7.50. The lowest BCUT2D eigenvalue weighted by Crippen LogP contribution is -2.19. The van der Waals surface area contributed by atoms with E-state index in [1.54, 1.807) is 0 Å². The van der Waals surface area contributed by atoms with Gasteiger partial charge in [0.15, 0.2) is 5.76 Å². The Morgan fingerprint density at radius 1 is 1.05 bits per heavy atom. The topological polar surface area (TPSA) is 38.3 Å². The van der Waals surface area contributed by atoms with Crippen LogP contribution < -0.4 is 5.32 Å². The summed E-state index contributed by atoms with van der Waals surface area (Å²) in [6, 6.07) is 19.1. The molecular weight excluding hydrogens is 286 g/mol. The number of methoxy groups -OCH3 is 1. The normalized spacial score (nSPS) is 11.5. The minimum Gasteiger partial charge on any atom is -0.494 e. The third kappa shape index (κ3) is 4.10. The fourth-order valence-electron chi connectivity index (χ4n) is 1.98. The van der Waals surface area contributed by atoms with Crippen molar-refractivity contribution in [1.82, 2.24) is 5.32 Å². The Kier molecular flexibility index (Phi) is 5.41. The van der Waals surface area contributed by atoms with Gasteiger partial charge in [0.2, 0.25) is 0 Å². The van der Waals surface area contributed by atoms with Crippen LogP contribution in [0, 0.1) is 0 Å². The van der Waals surface area contributed by atoms with E-state index in [4.69, 9.17) is 16.3 Å². The van der Waals surface area contributed by atoms with Crippen LogP contribution in [0.15, 0.2) is 66.4 Å². The summed E-state index contributed by atoms with van der Waals surface area (Å²) >= 11 is 5.69. The van der Waals surface area contributed by atoms with Crippen molar-refractivity contribution >= 4 is 22.6 Å². The lowest BCUT2D eigenvalue weighted by atomic mass is 10.1. The van der Waals surface area contributed by atoms with Crippen molar-refractivity contribution < 1.29 is 9.53 Å². The Bertz CT molecular complexity index is 624. The number of hydrogen-bond donors (Lipinski definition) is 1. The van der Waals surface area contributed by atoms with E-state index in [1.165, 1.54) is 7.11 Å². The maximum atomic E-state index is 11.7. The van der Waals surface area contributed by atoms with Gasteiger partial charge in [0.05, 0.1) is 7.11 Å². The van der Waals surface area contributed by atoms with Crippen LogP contribution in [0.5, 0.6) is 0 Å². The van der Waals surface area contributed by atoms with E-state index in [9.17, 15) is 4.79 Å². The molecule has 2 aromatic rings. The summed E-state index contributed by atoms with van der Waals surface area (Å²) in [5.41, 5.74) is 2.11. The predicted octanol–water partition coefficient (Wildman–Crippen LogP) is 3.56. The van der Waals surface area contributed by atoms with Gasteiger partial charge in [0, 0.05) is 12.1 Å². The number of hydrogen-bond acceptors (Lipinski definition) is 3. The van der Waals surface area contributed by atoms with Crippen molar-refractivity contribution in [1.29, 1.82) is 0 Å². The second-order valence-electron chi connectivity index (χ2n) is 4.39. The van der Waals surface area contributed by atoms with E-state index < -0.39 is 5.24 Å². The third-order valence-electron chi connectivity index (χ3n) is 2.98. The van der Waals surface area contributed by atoms with Crippen LogP contribution in [0.3, 0.4) is 0 Å². The summed E-state index contributed by atoms with van der Waals surface area (Å²) in [5, 5.41) is 2.48. The Balaban J connectivity index is 2.28. The van der Waals surface area contributed by atoms with Crippen LogP contribution >= 0.6 is 11.6 Å². The van der Waals surface area contributed by atoms with Gasteiger partial charge in [-0.05, 0) is 17.2 Å². The van der Waals surface area contributed by atoms with Crippen LogP contribution in [0.4, 0.5) is 0 Å². The van der Waals surface area contributed by atoms with E-state index in [1.807, 2.05) is 60.7 Å². The second-order valence-corrected chi connectivity index (χ2v) is 4.73. The molecule has 2 aromatic carbocycles. The molecule has 0 atom stereocenters. The molecule has 1 N–H and O–H groups in total. The van der Waals surface area contributed by atoms with E-state index in [0.717, 1.165) is 11.1 Å². The highest BCUT2D eigenvalue weighted by molar-refractivity contribution is 6.68. The fourth-order valence-corrected chi connectivity index (χ4v) is 2.13. The lowest BCUT2D eigenvalue weighted by Gasteiger charge is -2.13. The number of rotatable bonds is 6. The molecule has 0 fully saturated rings. The van der Waals surface area contributed by atoms with Crippen molar-refractivity contribution in [2.45, 2.75) is 6.54 Å². The highest BCUT2D eigenvalue weighted by atomic mass is 35.5. The van der Waals surface area contributed by atoms with Crippen LogP contribution in [0.2, 0.25) is 0 Å². The molecule has 0 heterocycles. The Morgan fingerprint density at radius 2 is 1.62 bits per heavy atom. The Morgan fingerprint density at radius 3 is 2.14 bits per heavy atom. The first-order chi connectivity index (χ1) is 10.2. The third-order valence-corrected chi connectivity index (χ3v) is 3.16. The molecule has 21 heavy (non-hydrogen) atoms. The van der Waals surface area contributed by atoms with Gasteiger partial charge in [-0.3, -0.25) is 4.79 Å². The number of nitrogens with one attached hydrogen (secondary N) is 1. The summed E-state index contributed by atoms with van der Waals surface area (Å²) in [5.74, 6) is 0.437. The van der Waals surface area contributed by atoms with Crippen molar-refractivity contribution in [2.24, 2.45) is 0 Å². The molecule has 0 aliphatic rings. The number of halogens is 1. The largest absolute Gasteiger partial charge is 0.494 e. The number of carbonyl (C=O) groups excluding carboxylic acids is 1. The zero-order chi connectivity index (χ0) is 15.1. The molecule has 0 spiro atoms. The SMILES string of the molecule is COC(=C(NCc1ccccc1)C(=O)Cl)c1ccccc1. The van der Waals surface area contributed by atoms with Crippen LogP contribution in [-0.2, 0) is 16.1 Å². The first-order valence-corrected chi connectivity index (χ1v) is 6.91. The van der Waals surface area contributed by atoms with Crippen LogP contribution in [0.1, 0.15) is 11.1 Å². The summed E-state index contributed by atoms with van der Waals surface area (Å²) in [4.78, 5) is 11.7. The van der Waals surface area contributed by atoms with Crippen molar-refractivity contribution in [3.05, 3.63) is 77.5 Å². The van der Waals surface area contributed by atoms with E-state index in [2.05, 4.69) is 5.32 Å². The van der Waals surface area contributed by atoms with Crippen molar-refractivity contribution in [3.63, 3.8) is 0 Å². The summed E-state index contributed by atoms with van der Waals surface area (Å²) < 4.78 is 5.36. The Hall–Kier alpha value is -2.26. The van der Waals surface area contributed by atoms with E-state index >= 15 is 0 Å². The van der Waals surface area contributed by atoms with E-state index in [0.29, 0.717) is 12.3 Å². The smallest absolute Gasteiger partial charge is 0.272 e. The Labute approximate surface area is 129 Å². The van der Waals surface area contributed by atoms with E-state index in [-0.39, 0.29) is 5.70 Å². The molecule has 0 bridgehead atoms. The predicted molar refractivity (Wildman–Crippen MR) is 84.5 cm³/mol. The molecule has 0 saturated heterocycles. The minimum absolute atomic E-state index is 0.259. The van der Waals surface area contributed by atoms with Gasteiger partial charge in [-0.25, -0.2) is 0 Å². The van der Waals surface area contributed by atoms with Gasteiger partial charge in [-0.15, -0.1) is 0 Å². The maximum Gasteiger partial charge on any atom is 0.272 e. The lowest BCUT2D eigenvalue weighted by molar-refractivity contribution is -0.108. The molecule has 0 aliphatic heterocycles. The molecule has 3 nitrogen and oxygen atoms in total. The number of carbonyl (C=O) groups is 1. The minimum atomic E-state index is -0.577. The van der Waals surface area contributed by atoms with Crippen LogP contribution in [-0.4, -0.2) is 12.4 Å². The monoisotopic (exact) mass is 301 g/mol. The number of allylic oxidation sites excluding steroid dienone is 1. The highest BCUT2D eigenvalue weighted by Crippen LogP contribution is 2.20. The zero-order valence-corrected chi connectivity index (χ0v) is 12.4. The van der Waals surface area contributed by atoms with Crippen molar-refractivity contribution in [2.75, 3.05) is 7.11 Å². The number of ether oxygens (including phenoxy) is 1. The molecule has 0 unspecified atom stereocenters. The zero-order valence-electron chi connectivity index (χ0n) is 11.7.